The third-order valence-corrected chi connectivity index (χ3v) is 6.24. The number of carbonyl (C=O) groups excluding carboxylic acids is 3. The van der Waals surface area contributed by atoms with Gasteiger partial charge in [-0.25, -0.2) is 9.18 Å². The topological polar surface area (TPSA) is 87.7 Å². The van der Waals surface area contributed by atoms with Crippen molar-refractivity contribution in [3.05, 3.63) is 65.5 Å². The highest BCUT2D eigenvalue weighted by Crippen LogP contribution is 2.33. The Bertz CT molecular complexity index is 993. The van der Waals surface area contributed by atoms with Crippen LogP contribution in [0.5, 0.6) is 5.75 Å². The summed E-state index contributed by atoms with van der Waals surface area (Å²) in [5.41, 5.74) is 1.64. The van der Waals surface area contributed by atoms with Crippen LogP contribution in [0.1, 0.15) is 30.4 Å². The van der Waals surface area contributed by atoms with Crippen molar-refractivity contribution >= 4 is 17.8 Å². The number of ether oxygens (including phenoxy) is 1. The number of imide groups is 1. The van der Waals surface area contributed by atoms with Gasteiger partial charge >= 0.3 is 6.03 Å². The number of hydrogen-bond donors (Lipinski definition) is 2. The van der Waals surface area contributed by atoms with E-state index >= 15 is 0 Å². The lowest BCUT2D eigenvalue weighted by molar-refractivity contribution is -0.139. The summed E-state index contributed by atoms with van der Waals surface area (Å²) in [6.07, 6.45) is 1.54. The minimum atomic E-state index is -0.431. The van der Waals surface area contributed by atoms with Crippen LogP contribution in [0.25, 0.3) is 0 Å². The van der Waals surface area contributed by atoms with E-state index in [-0.39, 0.29) is 42.1 Å². The molecule has 4 rings (SSSR count). The highest BCUT2D eigenvalue weighted by molar-refractivity contribution is 5.99. The van der Waals surface area contributed by atoms with Crippen molar-refractivity contribution in [1.82, 2.24) is 15.5 Å². The lowest BCUT2D eigenvalue weighted by Gasteiger charge is -2.42. The van der Waals surface area contributed by atoms with Crippen LogP contribution in [-0.2, 0) is 22.7 Å². The van der Waals surface area contributed by atoms with E-state index in [1.165, 1.54) is 17.0 Å². The molecule has 7 nitrogen and oxygen atoms in total. The fourth-order valence-corrected chi connectivity index (χ4v) is 4.40. The molecule has 0 aromatic heterocycles. The largest absolute Gasteiger partial charge is 0.497 e. The molecule has 0 radical (unpaired) electrons. The second kappa shape index (κ2) is 9.38. The van der Waals surface area contributed by atoms with Gasteiger partial charge < -0.3 is 15.4 Å². The van der Waals surface area contributed by atoms with Crippen LogP contribution in [0, 0.1) is 17.7 Å². The summed E-state index contributed by atoms with van der Waals surface area (Å²) < 4.78 is 18.2. The molecule has 3 unspecified atom stereocenters. The van der Waals surface area contributed by atoms with Crippen molar-refractivity contribution in [2.45, 2.75) is 38.4 Å². The number of benzene rings is 2. The molecule has 2 aromatic rings. The van der Waals surface area contributed by atoms with Gasteiger partial charge in [0.15, 0.2) is 0 Å². The minimum absolute atomic E-state index is 0.116. The number of carbonyl (C=O) groups is 3. The van der Waals surface area contributed by atoms with Crippen molar-refractivity contribution < 1.29 is 23.5 Å². The molecule has 1 saturated carbocycles. The Morgan fingerprint density at radius 2 is 1.78 bits per heavy atom. The van der Waals surface area contributed by atoms with Crippen molar-refractivity contribution in [2.24, 2.45) is 11.8 Å². The zero-order valence-electron chi connectivity index (χ0n) is 17.8. The first-order chi connectivity index (χ1) is 15.4. The van der Waals surface area contributed by atoms with Gasteiger partial charge in [-0.15, -0.1) is 0 Å². The number of amides is 4. The predicted octanol–water partition coefficient (Wildman–Crippen LogP) is 2.99. The zero-order valence-corrected chi connectivity index (χ0v) is 17.8. The molecule has 1 aliphatic carbocycles. The highest BCUT2D eigenvalue weighted by Gasteiger charge is 2.45. The Balaban J connectivity index is 1.34. The van der Waals surface area contributed by atoms with E-state index in [9.17, 15) is 18.8 Å². The summed E-state index contributed by atoms with van der Waals surface area (Å²) in [6, 6.07) is 12.4. The van der Waals surface area contributed by atoms with E-state index < -0.39 is 6.03 Å². The molecular formula is C24H26FN3O4. The normalized spacial score (nSPS) is 22.7. The first-order valence-corrected chi connectivity index (χ1v) is 10.7. The van der Waals surface area contributed by atoms with E-state index in [4.69, 9.17) is 4.74 Å². The Hall–Kier alpha value is -3.42. The van der Waals surface area contributed by atoms with E-state index in [0.717, 1.165) is 11.1 Å². The monoisotopic (exact) mass is 439 g/mol. The second-order valence-corrected chi connectivity index (χ2v) is 8.29. The Kier molecular flexibility index (Phi) is 6.39. The van der Waals surface area contributed by atoms with Gasteiger partial charge in [0.25, 0.3) is 0 Å². The van der Waals surface area contributed by atoms with Crippen molar-refractivity contribution in [3.8, 4) is 5.75 Å². The molecule has 2 N–H and O–H groups in total. The summed E-state index contributed by atoms with van der Waals surface area (Å²) in [5.74, 6) is -0.531. The molecule has 0 spiro atoms. The van der Waals surface area contributed by atoms with Crippen LogP contribution in [0.2, 0.25) is 0 Å². The average Bonchev–Trinajstić information content (AvgIpc) is 2.81. The van der Waals surface area contributed by atoms with Gasteiger partial charge in [-0.3, -0.25) is 14.5 Å². The number of hydrogen-bond acceptors (Lipinski definition) is 4. The van der Waals surface area contributed by atoms with Crippen molar-refractivity contribution in [2.75, 3.05) is 7.11 Å². The Labute approximate surface area is 185 Å². The molecule has 2 aliphatic rings. The van der Waals surface area contributed by atoms with Gasteiger partial charge in [-0.05, 0) is 54.7 Å². The Morgan fingerprint density at radius 1 is 1.09 bits per heavy atom. The minimum Gasteiger partial charge on any atom is -0.497 e. The maximum atomic E-state index is 13.0. The van der Waals surface area contributed by atoms with Gasteiger partial charge in [-0.1, -0.05) is 24.3 Å². The molecular weight excluding hydrogens is 413 g/mol. The number of urea groups is 1. The fourth-order valence-electron chi connectivity index (χ4n) is 4.40. The average molecular weight is 439 g/mol. The smallest absolute Gasteiger partial charge is 0.324 e. The van der Waals surface area contributed by atoms with Crippen LogP contribution >= 0.6 is 0 Å². The van der Waals surface area contributed by atoms with Gasteiger partial charge in [0, 0.05) is 18.5 Å². The fraction of sp³-hybridized carbons (Fsp3) is 0.375. The summed E-state index contributed by atoms with van der Waals surface area (Å²) >= 11 is 0. The van der Waals surface area contributed by atoms with Crippen LogP contribution in [-0.4, -0.2) is 35.9 Å². The van der Waals surface area contributed by atoms with Crippen LogP contribution < -0.4 is 15.4 Å². The van der Waals surface area contributed by atoms with Crippen LogP contribution in [0.4, 0.5) is 9.18 Å². The first kappa shape index (κ1) is 21.8. The SMILES string of the molecule is COc1ccc(CN2C(=O)NC3CC(C(=O)NCc4ccc(F)cc4)CCC3C2=O)cc1. The van der Waals surface area contributed by atoms with Crippen LogP contribution in [0.3, 0.4) is 0 Å². The van der Waals surface area contributed by atoms with Crippen LogP contribution in [0.15, 0.2) is 48.5 Å². The highest BCUT2D eigenvalue weighted by atomic mass is 19.1. The van der Waals surface area contributed by atoms with E-state index in [1.807, 2.05) is 12.1 Å². The molecule has 4 amide bonds. The maximum Gasteiger partial charge on any atom is 0.324 e. The van der Waals surface area contributed by atoms with E-state index in [2.05, 4.69) is 10.6 Å². The number of rotatable bonds is 6. The zero-order chi connectivity index (χ0) is 22.7. The number of halogens is 1. The molecule has 1 heterocycles. The number of methoxy groups -OCH3 is 1. The second-order valence-electron chi connectivity index (χ2n) is 8.29. The quantitative estimate of drug-likeness (QED) is 0.725. The third kappa shape index (κ3) is 4.74. The summed E-state index contributed by atoms with van der Waals surface area (Å²) in [6.45, 7) is 0.504. The van der Waals surface area contributed by atoms with Gasteiger partial charge in [0.05, 0.1) is 19.6 Å². The molecule has 1 saturated heterocycles. The Morgan fingerprint density at radius 3 is 2.47 bits per heavy atom. The first-order valence-electron chi connectivity index (χ1n) is 10.7. The molecule has 2 fully saturated rings. The molecule has 168 valence electrons. The lowest BCUT2D eigenvalue weighted by atomic mass is 9.76. The maximum absolute atomic E-state index is 13.0. The van der Waals surface area contributed by atoms with Gasteiger partial charge in [0.1, 0.15) is 11.6 Å². The predicted molar refractivity (Wildman–Crippen MR) is 115 cm³/mol. The third-order valence-electron chi connectivity index (χ3n) is 6.24. The van der Waals surface area contributed by atoms with E-state index in [1.54, 1.807) is 31.4 Å². The molecule has 2 aromatic carbocycles. The summed E-state index contributed by atoms with van der Waals surface area (Å²) in [4.78, 5) is 39.5. The number of nitrogens with one attached hydrogen (secondary N) is 2. The van der Waals surface area contributed by atoms with Gasteiger partial charge in [0.2, 0.25) is 11.8 Å². The standard InChI is InChI=1S/C24H26FN3O4/c1-32-19-9-4-16(5-10-19)14-28-23(30)20-11-6-17(12-21(20)27-24(28)31)22(29)26-13-15-2-7-18(25)8-3-15/h2-5,7-10,17,20-21H,6,11-14H2,1H3,(H,26,29)(H,27,31). The number of nitrogens with zero attached hydrogens (tertiary/aromatic N) is 1. The van der Waals surface area contributed by atoms with Crippen molar-refractivity contribution in [1.29, 1.82) is 0 Å². The molecule has 32 heavy (non-hydrogen) atoms. The molecule has 8 heteroatoms. The lowest BCUT2D eigenvalue weighted by Crippen LogP contribution is -2.61. The molecule has 0 bridgehead atoms. The molecule has 3 atom stereocenters. The van der Waals surface area contributed by atoms with E-state index in [0.29, 0.717) is 31.6 Å². The summed E-state index contributed by atoms with van der Waals surface area (Å²) in [5, 5.41) is 5.80. The van der Waals surface area contributed by atoms with Crippen molar-refractivity contribution in [3.63, 3.8) is 0 Å². The number of fused-ring (bicyclic) bond motifs is 1. The summed E-state index contributed by atoms with van der Waals surface area (Å²) in [7, 11) is 1.58. The van der Waals surface area contributed by atoms with Gasteiger partial charge in [-0.2, -0.15) is 0 Å². The molecule has 1 aliphatic heterocycles.